The average Bonchev–Trinajstić information content (AvgIpc) is 3.01. The lowest BCUT2D eigenvalue weighted by Crippen LogP contribution is -2.29. The zero-order chi connectivity index (χ0) is 15.9. The minimum atomic E-state index is -0.283. The summed E-state index contributed by atoms with van der Waals surface area (Å²) < 4.78 is 11.9. The van der Waals surface area contributed by atoms with Crippen molar-refractivity contribution in [1.29, 1.82) is 0 Å². The number of hydrogen-bond donors (Lipinski definition) is 1. The van der Waals surface area contributed by atoms with Crippen molar-refractivity contribution in [1.82, 2.24) is 25.1 Å². The standard InChI is InChI=1S/C14H19N5O3/c1-10(13-18-16-9-19(13)6-7-21-2)17-14(20)11-4-5-12(22-3)15-8-11/h4-5,8-10H,6-7H2,1-3H3,(H,17,20). The van der Waals surface area contributed by atoms with Crippen LogP contribution in [0.4, 0.5) is 0 Å². The molecule has 0 aliphatic heterocycles. The van der Waals surface area contributed by atoms with Gasteiger partial charge < -0.3 is 19.4 Å². The lowest BCUT2D eigenvalue weighted by Gasteiger charge is -2.14. The first-order chi connectivity index (χ1) is 10.7. The molecule has 0 bridgehead atoms. The molecule has 1 unspecified atom stereocenters. The van der Waals surface area contributed by atoms with Crippen molar-refractivity contribution in [2.24, 2.45) is 0 Å². The van der Waals surface area contributed by atoms with Gasteiger partial charge in [0.2, 0.25) is 5.88 Å². The lowest BCUT2D eigenvalue weighted by atomic mass is 10.2. The maximum Gasteiger partial charge on any atom is 0.253 e. The normalized spacial score (nSPS) is 12.0. The molecule has 22 heavy (non-hydrogen) atoms. The first kappa shape index (κ1) is 15.9. The van der Waals surface area contributed by atoms with Crippen molar-refractivity contribution in [2.45, 2.75) is 19.5 Å². The van der Waals surface area contributed by atoms with Crippen LogP contribution in [0, 0.1) is 0 Å². The third kappa shape index (κ3) is 3.79. The van der Waals surface area contributed by atoms with Gasteiger partial charge in [-0.25, -0.2) is 4.98 Å². The van der Waals surface area contributed by atoms with E-state index in [2.05, 4.69) is 20.5 Å². The zero-order valence-corrected chi connectivity index (χ0v) is 12.8. The van der Waals surface area contributed by atoms with E-state index in [0.717, 1.165) is 0 Å². The van der Waals surface area contributed by atoms with Gasteiger partial charge in [-0.15, -0.1) is 10.2 Å². The number of carbonyl (C=O) groups is 1. The van der Waals surface area contributed by atoms with Crippen LogP contribution in [-0.2, 0) is 11.3 Å². The molecule has 8 nitrogen and oxygen atoms in total. The first-order valence-corrected chi connectivity index (χ1v) is 6.83. The average molecular weight is 305 g/mol. The van der Waals surface area contributed by atoms with Gasteiger partial charge in [-0.05, 0) is 13.0 Å². The number of rotatable bonds is 7. The van der Waals surface area contributed by atoms with Crippen LogP contribution in [0.25, 0.3) is 0 Å². The second-order valence-corrected chi connectivity index (χ2v) is 4.66. The zero-order valence-electron chi connectivity index (χ0n) is 12.8. The molecule has 2 rings (SSSR count). The molecular formula is C14H19N5O3. The molecule has 1 N–H and O–H groups in total. The Morgan fingerprint density at radius 2 is 2.23 bits per heavy atom. The molecule has 118 valence electrons. The first-order valence-electron chi connectivity index (χ1n) is 6.83. The summed E-state index contributed by atoms with van der Waals surface area (Å²) in [4.78, 5) is 16.2. The number of nitrogens with zero attached hydrogens (tertiary/aromatic N) is 4. The summed E-state index contributed by atoms with van der Waals surface area (Å²) in [5, 5.41) is 10.8. The number of aromatic nitrogens is 4. The molecule has 8 heteroatoms. The summed E-state index contributed by atoms with van der Waals surface area (Å²) in [6.45, 7) is 3.03. The van der Waals surface area contributed by atoms with Gasteiger partial charge in [0.25, 0.3) is 5.91 Å². The van der Waals surface area contributed by atoms with E-state index in [1.54, 1.807) is 25.6 Å². The summed E-state index contributed by atoms with van der Waals surface area (Å²) >= 11 is 0. The van der Waals surface area contributed by atoms with Gasteiger partial charge in [-0.3, -0.25) is 4.79 Å². The van der Waals surface area contributed by atoms with Crippen molar-refractivity contribution in [2.75, 3.05) is 20.8 Å². The molecule has 2 aromatic heterocycles. The SMILES string of the molecule is COCCn1cnnc1C(C)NC(=O)c1ccc(OC)nc1. The number of amides is 1. The van der Waals surface area contributed by atoms with Crippen molar-refractivity contribution < 1.29 is 14.3 Å². The van der Waals surface area contributed by atoms with E-state index in [-0.39, 0.29) is 11.9 Å². The molecule has 0 aliphatic rings. The maximum atomic E-state index is 12.2. The van der Waals surface area contributed by atoms with Crippen LogP contribution in [0.15, 0.2) is 24.7 Å². The Labute approximate surface area is 128 Å². The Hall–Kier alpha value is -2.48. The van der Waals surface area contributed by atoms with E-state index in [1.807, 2.05) is 11.5 Å². The molecular weight excluding hydrogens is 286 g/mol. The van der Waals surface area contributed by atoms with Crippen LogP contribution in [0.5, 0.6) is 5.88 Å². The molecule has 0 saturated heterocycles. The Bertz CT molecular complexity index is 611. The lowest BCUT2D eigenvalue weighted by molar-refractivity contribution is 0.0936. The number of methoxy groups -OCH3 is 2. The number of carbonyl (C=O) groups excluding carboxylic acids is 1. The largest absolute Gasteiger partial charge is 0.481 e. The Morgan fingerprint density at radius 3 is 2.86 bits per heavy atom. The van der Waals surface area contributed by atoms with Crippen molar-refractivity contribution >= 4 is 5.91 Å². The van der Waals surface area contributed by atoms with Gasteiger partial charge in [0.15, 0.2) is 5.82 Å². The Balaban J connectivity index is 2.02. The van der Waals surface area contributed by atoms with Crippen LogP contribution in [0.1, 0.15) is 29.1 Å². The van der Waals surface area contributed by atoms with Gasteiger partial charge in [0.05, 0.1) is 25.3 Å². The van der Waals surface area contributed by atoms with Crippen LogP contribution < -0.4 is 10.1 Å². The van der Waals surface area contributed by atoms with E-state index in [1.165, 1.54) is 13.3 Å². The van der Waals surface area contributed by atoms with Gasteiger partial charge >= 0.3 is 0 Å². The minimum absolute atomic E-state index is 0.232. The fourth-order valence-corrected chi connectivity index (χ4v) is 1.94. The van der Waals surface area contributed by atoms with Crippen molar-refractivity contribution in [3.8, 4) is 5.88 Å². The molecule has 0 radical (unpaired) electrons. The van der Waals surface area contributed by atoms with E-state index >= 15 is 0 Å². The van der Waals surface area contributed by atoms with Crippen LogP contribution in [0.3, 0.4) is 0 Å². The second kappa shape index (κ2) is 7.51. The summed E-state index contributed by atoms with van der Waals surface area (Å²) in [6, 6.07) is 3.01. The molecule has 1 atom stereocenters. The fourth-order valence-electron chi connectivity index (χ4n) is 1.94. The van der Waals surface area contributed by atoms with E-state index < -0.39 is 0 Å². The van der Waals surface area contributed by atoms with Crippen molar-refractivity contribution in [3.63, 3.8) is 0 Å². The third-order valence-electron chi connectivity index (χ3n) is 3.12. The summed E-state index contributed by atoms with van der Waals surface area (Å²) in [5.41, 5.74) is 0.454. The highest BCUT2D eigenvalue weighted by Gasteiger charge is 2.16. The van der Waals surface area contributed by atoms with Crippen LogP contribution in [0.2, 0.25) is 0 Å². The molecule has 0 fully saturated rings. The minimum Gasteiger partial charge on any atom is -0.481 e. The fraction of sp³-hybridized carbons (Fsp3) is 0.429. The highest BCUT2D eigenvalue weighted by atomic mass is 16.5. The Kier molecular flexibility index (Phi) is 5.42. The highest BCUT2D eigenvalue weighted by Crippen LogP contribution is 2.11. The number of ether oxygens (including phenoxy) is 2. The van der Waals surface area contributed by atoms with E-state index in [0.29, 0.717) is 30.4 Å². The Morgan fingerprint density at radius 1 is 1.41 bits per heavy atom. The molecule has 2 heterocycles. The molecule has 0 spiro atoms. The summed E-state index contributed by atoms with van der Waals surface area (Å²) in [6.07, 6.45) is 3.09. The quantitative estimate of drug-likeness (QED) is 0.814. The molecule has 0 aliphatic carbocycles. The molecule has 0 aromatic carbocycles. The predicted octanol–water partition coefficient (Wildman–Crippen LogP) is 0.819. The number of nitrogens with one attached hydrogen (secondary N) is 1. The summed E-state index contributed by atoms with van der Waals surface area (Å²) in [5.74, 6) is 0.903. The van der Waals surface area contributed by atoms with Gasteiger partial charge in [-0.2, -0.15) is 0 Å². The highest BCUT2D eigenvalue weighted by molar-refractivity contribution is 5.94. The van der Waals surface area contributed by atoms with E-state index in [9.17, 15) is 4.79 Å². The number of pyridine rings is 1. The topological polar surface area (TPSA) is 91.2 Å². The molecule has 0 saturated carbocycles. The summed E-state index contributed by atoms with van der Waals surface area (Å²) in [7, 11) is 3.16. The molecule has 1 amide bonds. The van der Waals surface area contributed by atoms with Crippen molar-refractivity contribution in [3.05, 3.63) is 36.0 Å². The van der Waals surface area contributed by atoms with E-state index in [4.69, 9.17) is 9.47 Å². The third-order valence-corrected chi connectivity index (χ3v) is 3.12. The second-order valence-electron chi connectivity index (χ2n) is 4.66. The van der Waals surface area contributed by atoms with Gasteiger partial charge in [0, 0.05) is 25.9 Å². The molecule has 2 aromatic rings. The van der Waals surface area contributed by atoms with Crippen LogP contribution in [-0.4, -0.2) is 46.5 Å². The van der Waals surface area contributed by atoms with Gasteiger partial charge in [0.1, 0.15) is 6.33 Å². The maximum absolute atomic E-state index is 12.2. The van der Waals surface area contributed by atoms with Crippen LogP contribution >= 0.6 is 0 Å². The monoisotopic (exact) mass is 305 g/mol. The number of hydrogen-bond acceptors (Lipinski definition) is 6. The van der Waals surface area contributed by atoms with Gasteiger partial charge in [-0.1, -0.05) is 0 Å². The predicted molar refractivity (Wildman–Crippen MR) is 78.6 cm³/mol. The smallest absolute Gasteiger partial charge is 0.253 e.